The quantitative estimate of drug-likeness (QED) is 0.247. The number of likely N-dealkylation sites (N-methyl/N-ethyl adjacent to an activating group) is 1. The number of carbonyl (C=O) groups is 2. The highest BCUT2D eigenvalue weighted by Gasteiger charge is 2.53. The molecule has 14 heteroatoms. The summed E-state index contributed by atoms with van der Waals surface area (Å²) in [6.07, 6.45) is -9.90. The Morgan fingerprint density at radius 1 is 0.840 bits per heavy atom. The van der Waals surface area contributed by atoms with Crippen LogP contribution in [0.15, 0.2) is 0 Å². The number of esters is 1. The molecule has 0 aromatic heterocycles. The van der Waals surface area contributed by atoms with E-state index in [1.807, 2.05) is 25.9 Å². The standard InChI is InChI=1S/C36H65NO13/c1-17-15-34(8,43)31(50-33-27(39)24(37(11)12)14-18(2)46-33)20(4)28(49-25-16-35(9,45-13)30(41)22(6)47-25)21(5)32(42)48-23(7)36(10,44)29(40)19(3)26(17)38/h17-25,27-31,33,39-41,43-44H,14-16H2,1-13H3/t17-,18?,19+,20?,21-,22?,23-,24?,25+,27?,28+,29-,30+,31?,33+,34-,35?,36-/m1/s1. The lowest BCUT2D eigenvalue weighted by atomic mass is 9.74. The third-order valence-corrected chi connectivity index (χ3v) is 11.7. The number of Topliss-reactive ketones (excluding diaryl/α,β-unsaturated/α-hetero) is 1. The molecule has 0 amide bonds. The summed E-state index contributed by atoms with van der Waals surface area (Å²) in [6, 6.07) is -0.323. The molecule has 0 aromatic carbocycles. The normalized spacial score (nSPS) is 50.5. The van der Waals surface area contributed by atoms with Gasteiger partial charge in [-0.2, -0.15) is 0 Å². The number of hydrogen-bond donors (Lipinski definition) is 5. The molecule has 0 aromatic rings. The van der Waals surface area contributed by atoms with Crippen LogP contribution in [-0.2, 0) is 38.0 Å². The smallest absolute Gasteiger partial charge is 0.311 e. The highest BCUT2D eigenvalue weighted by molar-refractivity contribution is 5.83. The van der Waals surface area contributed by atoms with Crippen molar-refractivity contribution in [3.63, 3.8) is 0 Å². The monoisotopic (exact) mass is 719 g/mol. The van der Waals surface area contributed by atoms with E-state index >= 15 is 0 Å². The predicted molar refractivity (Wildman–Crippen MR) is 182 cm³/mol. The second-order valence-corrected chi connectivity index (χ2v) is 16.2. The molecule has 3 aliphatic rings. The van der Waals surface area contributed by atoms with Crippen LogP contribution in [0, 0.1) is 23.7 Å². The highest BCUT2D eigenvalue weighted by atomic mass is 16.7. The van der Waals surface area contributed by atoms with Gasteiger partial charge < -0.3 is 58.9 Å². The minimum absolute atomic E-state index is 0.0924. The molecule has 0 radical (unpaired) electrons. The van der Waals surface area contributed by atoms with Gasteiger partial charge in [-0.3, -0.25) is 9.59 Å². The molecule has 3 aliphatic heterocycles. The summed E-state index contributed by atoms with van der Waals surface area (Å²) >= 11 is 0. The first kappa shape index (κ1) is 43.1. The number of cyclic esters (lactones) is 1. The van der Waals surface area contributed by atoms with Gasteiger partial charge in [-0.15, -0.1) is 0 Å². The van der Waals surface area contributed by atoms with Crippen LogP contribution in [0.1, 0.15) is 88.5 Å². The molecule has 3 saturated heterocycles. The summed E-state index contributed by atoms with van der Waals surface area (Å²) in [5.74, 6) is -5.00. The van der Waals surface area contributed by atoms with Crippen molar-refractivity contribution in [1.29, 1.82) is 0 Å². The molecular weight excluding hydrogens is 654 g/mol. The summed E-state index contributed by atoms with van der Waals surface area (Å²) in [4.78, 5) is 29.5. The number of hydrogen-bond acceptors (Lipinski definition) is 14. The average molecular weight is 720 g/mol. The zero-order valence-electron chi connectivity index (χ0n) is 32.2. The Morgan fingerprint density at radius 2 is 1.44 bits per heavy atom. The lowest BCUT2D eigenvalue weighted by Crippen LogP contribution is -2.61. The predicted octanol–water partition coefficient (Wildman–Crippen LogP) is 1.40. The van der Waals surface area contributed by atoms with Gasteiger partial charge in [0.1, 0.15) is 29.7 Å². The van der Waals surface area contributed by atoms with Crippen molar-refractivity contribution in [3.05, 3.63) is 0 Å². The van der Waals surface area contributed by atoms with Crippen molar-refractivity contribution < 1.29 is 63.5 Å². The molecule has 3 heterocycles. The van der Waals surface area contributed by atoms with Crippen LogP contribution in [0.3, 0.4) is 0 Å². The number of carbonyl (C=O) groups excluding carboxylic acids is 2. The Kier molecular flexibility index (Phi) is 14.1. The summed E-state index contributed by atoms with van der Waals surface area (Å²) in [6.45, 7) is 16.0. The first-order valence-corrected chi connectivity index (χ1v) is 18.0. The second-order valence-electron chi connectivity index (χ2n) is 16.2. The Hall–Kier alpha value is -1.30. The van der Waals surface area contributed by atoms with Gasteiger partial charge in [0.25, 0.3) is 0 Å². The van der Waals surface area contributed by atoms with Gasteiger partial charge in [0.15, 0.2) is 12.6 Å². The summed E-state index contributed by atoms with van der Waals surface area (Å²) in [7, 11) is 5.17. The van der Waals surface area contributed by atoms with Gasteiger partial charge in [-0.1, -0.05) is 20.8 Å². The minimum Gasteiger partial charge on any atom is -0.459 e. The molecule has 18 atom stereocenters. The zero-order chi connectivity index (χ0) is 38.3. The Balaban J connectivity index is 2.16. The lowest BCUT2D eigenvalue weighted by molar-refractivity contribution is -0.318. The third-order valence-electron chi connectivity index (χ3n) is 11.7. The number of ketones is 1. The van der Waals surface area contributed by atoms with Gasteiger partial charge >= 0.3 is 5.97 Å². The van der Waals surface area contributed by atoms with E-state index in [4.69, 9.17) is 28.4 Å². The van der Waals surface area contributed by atoms with Gasteiger partial charge in [-0.05, 0) is 75.4 Å². The number of ether oxygens (including phenoxy) is 6. The molecule has 14 nitrogen and oxygen atoms in total. The van der Waals surface area contributed by atoms with Crippen molar-refractivity contribution in [2.24, 2.45) is 23.7 Å². The average Bonchev–Trinajstić information content (AvgIpc) is 3.03. The SMILES string of the molecule is COC1(C)C[C@H](O[C@H]2C(C)C(O[C@@H]3OC(C)CC(N(C)C)C3O)[C@](C)(O)C[C@@H](C)C(=O)[C@H](C)[C@@H](O)[C@](C)(O)[C@@H](C)OC(=O)[C@@H]2C)OC(C)[C@@H]1O. The van der Waals surface area contributed by atoms with E-state index in [0.717, 1.165) is 0 Å². The number of methoxy groups -OCH3 is 1. The molecule has 0 bridgehead atoms. The first-order chi connectivity index (χ1) is 22.9. The van der Waals surface area contributed by atoms with E-state index in [2.05, 4.69) is 0 Å². The van der Waals surface area contributed by atoms with E-state index in [1.54, 1.807) is 34.6 Å². The Bertz CT molecular complexity index is 1150. The lowest BCUT2D eigenvalue weighted by Gasteiger charge is -2.49. The van der Waals surface area contributed by atoms with E-state index in [1.165, 1.54) is 34.8 Å². The molecule has 3 rings (SSSR count). The number of aliphatic hydroxyl groups is 5. The molecule has 3 fully saturated rings. The molecule has 5 N–H and O–H groups in total. The molecular formula is C36H65NO13. The summed E-state index contributed by atoms with van der Waals surface area (Å²) in [5, 5.41) is 57.2. The van der Waals surface area contributed by atoms with Crippen molar-refractivity contribution in [3.8, 4) is 0 Å². The molecule has 292 valence electrons. The maximum atomic E-state index is 13.9. The summed E-state index contributed by atoms with van der Waals surface area (Å²) in [5.41, 5.74) is -4.85. The fourth-order valence-electron chi connectivity index (χ4n) is 8.00. The van der Waals surface area contributed by atoms with Crippen LogP contribution in [0.4, 0.5) is 0 Å². The first-order valence-electron chi connectivity index (χ1n) is 18.0. The van der Waals surface area contributed by atoms with E-state index in [-0.39, 0.29) is 25.0 Å². The zero-order valence-corrected chi connectivity index (χ0v) is 32.2. The molecule has 50 heavy (non-hydrogen) atoms. The third kappa shape index (κ3) is 9.07. The van der Waals surface area contributed by atoms with Gasteiger partial charge in [-0.25, -0.2) is 0 Å². The van der Waals surface area contributed by atoms with Crippen LogP contribution in [0.5, 0.6) is 0 Å². The second kappa shape index (κ2) is 16.4. The van der Waals surface area contributed by atoms with E-state index in [9.17, 15) is 35.1 Å². The van der Waals surface area contributed by atoms with Gasteiger partial charge in [0.05, 0.1) is 47.6 Å². The van der Waals surface area contributed by atoms with Crippen LogP contribution in [0.25, 0.3) is 0 Å². The van der Waals surface area contributed by atoms with Crippen LogP contribution in [0.2, 0.25) is 0 Å². The van der Waals surface area contributed by atoms with Crippen molar-refractivity contribution in [2.45, 2.75) is 173 Å². The molecule has 7 unspecified atom stereocenters. The molecule has 0 aliphatic carbocycles. The van der Waals surface area contributed by atoms with Gasteiger partial charge in [0.2, 0.25) is 0 Å². The highest BCUT2D eigenvalue weighted by Crippen LogP contribution is 2.40. The minimum atomic E-state index is -2.00. The van der Waals surface area contributed by atoms with E-state index < -0.39 is 108 Å². The molecule has 0 saturated carbocycles. The Labute approximate surface area is 297 Å². The van der Waals surface area contributed by atoms with Crippen LogP contribution < -0.4 is 0 Å². The fourth-order valence-corrected chi connectivity index (χ4v) is 8.00. The maximum absolute atomic E-state index is 13.9. The van der Waals surface area contributed by atoms with Crippen LogP contribution in [-0.4, -0.2) is 148 Å². The van der Waals surface area contributed by atoms with Gasteiger partial charge in [0, 0.05) is 37.3 Å². The maximum Gasteiger partial charge on any atom is 0.311 e. The topological polar surface area (TPSA) is 194 Å². The Morgan fingerprint density at radius 3 is 2.00 bits per heavy atom. The largest absolute Gasteiger partial charge is 0.459 e. The van der Waals surface area contributed by atoms with E-state index in [0.29, 0.717) is 6.42 Å². The van der Waals surface area contributed by atoms with Crippen molar-refractivity contribution >= 4 is 11.8 Å². The van der Waals surface area contributed by atoms with Crippen LogP contribution >= 0.6 is 0 Å². The van der Waals surface area contributed by atoms with Crippen molar-refractivity contribution in [1.82, 2.24) is 4.90 Å². The molecule has 0 spiro atoms. The fraction of sp³-hybridized carbons (Fsp3) is 0.944. The number of rotatable bonds is 6. The summed E-state index contributed by atoms with van der Waals surface area (Å²) < 4.78 is 36.8. The number of nitrogens with zero attached hydrogens (tertiary/aromatic N) is 1. The van der Waals surface area contributed by atoms with Crippen molar-refractivity contribution in [2.75, 3.05) is 21.2 Å². The number of aliphatic hydroxyl groups excluding tert-OH is 3.